The predicted molar refractivity (Wildman–Crippen MR) is 91.4 cm³/mol. The van der Waals surface area contributed by atoms with Gasteiger partial charge >= 0.3 is 0 Å². The summed E-state index contributed by atoms with van der Waals surface area (Å²) < 4.78 is 36.9. The van der Waals surface area contributed by atoms with Crippen molar-refractivity contribution in [3.05, 3.63) is 35.3 Å². The molecule has 9 nitrogen and oxygen atoms in total. The minimum Gasteiger partial charge on any atom is -0.481 e. The molecule has 1 aliphatic rings. The molecule has 1 fully saturated rings. The summed E-state index contributed by atoms with van der Waals surface area (Å²) in [6.45, 7) is 4.19. The summed E-state index contributed by atoms with van der Waals surface area (Å²) in [4.78, 5) is 18.3. The SMILES string of the molecule is COc1ccc(C(=O)N2CCN(S(=O)(=O)c3c(C)noc3C)CC2)cn1. The molecule has 26 heavy (non-hydrogen) atoms. The second-order valence-corrected chi connectivity index (χ2v) is 7.81. The zero-order chi connectivity index (χ0) is 18.9. The molecule has 2 aromatic heterocycles. The van der Waals surface area contributed by atoms with Gasteiger partial charge in [0.05, 0.1) is 12.7 Å². The van der Waals surface area contributed by atoms with E-state index in [1.54, 1.807) is 30.9 Å². The lowest BCUT2D eigenvalue weighted by atomic mass is 10.2. The average molecular weight is 380 g/mol. The smallest absolute Gasteiger partial charge is 0.255 e. The lowest BCUT2D eigenvalue weighted by Gasteiger charge is -2.33. The minimum atomic E-state index is -3.69. The van der Waals surface area contributed by atoms with Crippen molar-refractivity contribution in [3.8, 4) is 5.88 Å². The Morgan fingerprint density at radius 2 is 1.88 bits per heavy atom. The van der Waals surface area contributed by atoms with Gasteiger partial charge in [0.2, 0.25) is 15.9 Å². The summed E-state index contributed by atoms with van der Waals surface area (Å²) in [7, 11) is -2.19. The average Bonchev–Trinajstić information content (AvgIpc) is 3.00. The Bertz CT molecular complexity index is 880. The van der Waals surface area contributed by atoms with Crippen LogP contribution in [0.1, 0.15) is 21.8 Å². The fourth-order valence-corrected chi connectivity index (χ4v) is 4.63. The molecule has 0 spiro atoms. The number of hydrogen-bond donors (Lipinski definition) is 0. The highest BCUT2D eigenvalue weighted by Gasteiger charge is 2.34. The molecule has 3 heterocycles. The van der Waals surface area contributed by atoms with E-state index in [1.165, 1.54) is 17.6 Å². The molecule has 1 amide bonds. The Hall–Kier alpha value is -2.46. The predicted octanol–water partition coefficient (Wildman–Crippen LogP) is 0.842. The number of sulfonamides is 1. The molecule has 0 bridgehead atoms. The zero-order valence-corrected chi connectivity index (χ0v) is 15.6. The number of rotatable bonds is 4. The van der Waals surface area contributed by atoms with Gasteiger partial charge in [-0.05, 0) is 19.9 Å². The number of amides is 1. The Labute approximate surface area is 151 Å². The summed E-state index contributed by atoms with van der Waals surface area (Å²) in [5.74, 6) is 0.511. The highest BCUT2D eigenvalue weighted by Crippen LogP contribution is 2.24. The van der Waals surface area contributed by atoms with Gasteiger partial charge in [0, 0.05) is 38.4 Å². The van der Waals surface area contributed by atoms with E-state index in [1.807, 2.05) is 0 Å². The number of carbonyl (C=O) groups is 1. The number of pyridine rings is 1. The number of hydrogen-bond acceptors (Lipinski definition) is 7. The molecular formula is C16H20N4O5S. The van der Waals surface area contributed by atoms with E-state index in [-0.39, 0.29) is 29.7 Å². The van der Waals surface area contributed by atoms with Crippen LogP contribution in [0.4, 0.5) is 0 Å². The van der Waals surface area contributed by atoms with Crippen LogP contribution in [-0.4, -0.2) is 67.0 Å². The molecule has 2 aromatic rings. The van der Waals surface area contributed by atoms with E-state index in [0.29, 0.717) is 30.2 Å². The van der Waals surface area contributed by atoms with Crippen molar-refractivity contribution in [1.29, 1.82) is 0 Å². The van der Waals surface area contributed by atoms with Crippen LogP contribution >= 0.6 is 0 Å². The summed E-state index contributed by atoms with van der Waals surface area (Å²) in [5.41, 5.74) is 0.776. The molecule has 1 saturated heterocycles. The Morgan fingerprint density at radius 3 is 2.38 bits per heavy atom. The fourth-order valence-electron chi connectivity index (χ4n) is 2.91. The molecule has 3 rings (SSSR count). The third-order valence-corrected chi connectivity index (χ3v) is 6.43. The van der Waals surface area contributed by atoms with Crippen LogP contribution in [0.3, 0.4) is 0 Å². The molecule has 0 N–H and O–H groups in total. The first-order chi connectivity index (χ1) is 12.3. The maximum absolute atomic E-state index is 12.8. The minimum absolute atomic E-state index is 0.108. The van der Waals surface area contributed by atoms with Crippen molar-refractivity contribution in [3.63, 3.8) is 0 Å². The molecule has 0 aliphatic carbocycles. The van der Waals surface area contributed by atoms with E-state index >= 15 is 0 Å². The number of aryl methyl sites for hydroxylation is 2. The van der Waals surface area contributed by atoms with Crippen LogP contribution in [0.2, 0.25) is 0 Å². The fraction of sp³-hybridized carbons (Fsp3) is 0.438. The topological polar surface area (TPSA) is 106 Å². The van der Waals surface area contributed by atoms with E-state index in [9.17, 15) is 13.2 Å². The summed E-state index contributed by atoms with van der Waals surface area (Å²) in [6, 6.07) is 3.26. The molecule has 1 aliphatic heterocycles. The lowest BCUT2D eigenvalue weighted by Crippen LogP contribution is -2.50. The van der Waals surface area contributed by atoms with E-state index < -0.39 is 10.0 Å². The van der Waals surface area contributed by atoms with Gasteiger partial charge in [-0.25, -0.2) is 13.4 Å². The Kier molecular flexibility index (Phi) is 4.97. The number of nitrogens with zero attached hydrogens (tertiary/aromatic N) is 4. The van der Waals surface area contributed by atoms with E-state index in [2.05, 4.69) is 10.1 Å². The Morgan fingerprint density at radius 1 is 1.19 bits per heavy atom. The molecule has 0 radical (unpaired) electrons. The normalized spacial score (nSPS) is 15.9. The molecular weight excluding hydrogens is 360 g/mol. The van der Waals surface area contributed by atoms with E-state index in [0.717, 1.165) is 0 Å². The van der Waals surface area contributed by atoms with Crippen LogP contribution in [0.15, 0.2) is 27.7 Å². The standard InChI is InChI=1S/C16H20N4O5S/c1-11-15(12(2)25-18-11)26(22,23)20-8-6-19(7-9-20)16(21)13-4-5-14(24-3)17-10-13/h4-5,10H,6-9H2,1-3H3. The van der Waals surface area contributed by atoms with Gasteiger partial charge in [-0.1, -0.05) is 5.16 Å². The molecule has 0 aromatic carbocycles. The summed E-state index contributed by atoms with van der Waals surface area (Å²) in [6.07, 6.45) is 1.45. The number of methoxy groups -OCH3 is 1. The van der Waals surface area contributed by atoms with Crippen LogP contribution < -0.4 is 4.74 Å². The van der Waals surface area contributed by atoms with Gasteiger partial charge in [-0.3, -0.25) is 4.79 Å². The monoisotopic (exact) mass is 380 g/mol. The Balaban J connectivity index is 1.69. The number of piperazine rings is 1. The third kappa shape index (κ3) is 3.29. The van der Waals surface area contributed by atoms with Gasteiger partial charge in [-0.15, -0.1) is 0 Å². The number of ether oxygens (including phenoxy) is 1. The first-order valence-electron chi connectivity index (χ1n) is 8.07. The van der Waals surface area contributed by atoms with Crippen LogP contribution in [0, 0.1) is 13.8 Å². The van der Waals surface area contributed by atoms with Gasteiger partial charge in [-0.2, -0.15) is 4.31 Å². The van der Waals surface area contributed by atoms with Crippen LogP contribution in [-0.2, 0) is 10.0 Å². The number of aromatic nitrogens is 2. The largest absolute Gasteiger partial charge is 0.481 e. The van der Waals surface area contributed by atoms with Gasteiger partial charge in [0.1, 0.15) is 10.6 Å². The molecule has 0 saturated carbocycles. The van der Waals surface area contributed by atoms with Crippen molar-refractivity contribution < 1.29 is 22.5 Å². The summed E-state index contributed by atoms with van der Waals surface area (Å²) >= 11 is 0. The highest BCUT2D eigenvalue weighted by atomic mass is 32.2. The second kappa shape index (κ2) is 7.04. The van der Waals surface area contributed by atoms with Gasteiger partial charge in [0.25, 0.3) is 5.91 Å². The van der Waals surface area contributed by atoms with Crippen LogP contribution in [0.5, 0.6) is 5.88 Å². The first-order valence-corrected chi connectivity index (χ1v) is 9.51. The van der Waals surface area contributed by atoms with Crippen molar-refractivity contribution in [2.45, 2.75) is 18.7 Å². The van der Waals surface area contributed by atoms with Crippen LogP contribution in [0.25, 0.3) is 0 Å². The third-order valence-electron chi connectivity index (χ3n) is 4.28. The second-order valence-electron chi connectivity index (χ2n) is 5.94. The molecule has 0 atom stereocenters. The molecule has 0 unspecified atom stereocenters. The van der Waals surface area contributed by atoms with Crippen molar-refractivity contribution in [2.75, 3.05) is 33.3 Å². The van der Waals surface area contributed by atoms with Crippen molar-refractivity contribution >= 4 is 15.9 Å². The highest BCUT2D eigenvalue weighted by molar-refractivity contribution is 7.89. The van der Waals surface area contributed by atoms with E-state index in [4.69, 9.17) is 9.26 Å². The molecule has 140 valence electrons. The maximum atomic E-state index is 12.8. The lowest BCUT2D eigenvalue weighted by molar-refractivity contribution is 0.0697. The summed E-state index contributed by atoms with van der Waals surface area (Å²) in [5, 5.41) is 3.71. The first kappa shape index (κ1) is 18.3. The number of carbonyl (C=O) groups excluding carboxylic acids is 1. The van der Waals surface area contributed by atoms with Crippen molar-refractivity contribution in [2.24, 2.45) is 0 Å². The quantitative estimate of drug-likeness (QED) is 0.774. The zero-order valence-electron chi connectivity index (χ0n) is 14.8. The molecule has 10 heteroatoms. The van der Waals surface area contributed by atoms with Gasteiger partial charge < -0.3 is 14.2 Å². The van der Waals surface area contributed by atoms with Gasteiger partial charge in [0.15, 0.2) is 5.76 Å². The maximum Gasteiger partial charge on any atom is 0.255 e. The van der Waals surface area contributed by atoms with Crippen molar-refractivity contribution in [1.82, 2.24) is 19.3 Å².